The molecular formula is C20H18BrN3O4. The first-order valence-electron chi connectivity index (χ1n) is 9.11. The van der Waals surface area contributed by atoms with E-state index in [9.17, 15) is 4.79 Å². The van der Waals surface area contributed by atoms with Crippen LogP contribution in [0.4, 0.5) is 0 Å². The number of ether oxygens (including phenoxy) is 2. The van der Waals surface area contributed by atoms with Crippen LogP contribution in [0.5, 0.6) is 11.5 Å². The molecule has 5 rings (SSSR count). The van der Waals surface area contributed by atoms with Gasteiger partial charge in [-0.3, -0.25) is 4.79 Å². The summed E-state index contributed by atoms with van der Waals surface area (Å²) in [5.41, 5.74) is 3.91. The van der Waals surface area contributed by atoms with Crippen molar-refractivity contribution in [3.05, 3.63) is 58.1 Å². The summed E-state index contributed by atoms with van der Waals surface area (Å²) in [5.74, 6) is 2.00. The molecule has 0 saturated carbocycles. The Kier molecular flexibility index (Phi) is 4.25. The Balaban J connectivity index is 1.27. The summed E-state index contributed by atoms with van der Waals surface area (Å²) in [6.07, 6.45) is 1.27. The molecule has 0 radical (unpaired) electrons. The second-order valence-electron chi connectivity index (χ2n) is 6.98. The first-order valence-corrected chi connectivity index (χ1v) is 9.90. The number of likely N-dealkylation sites (tertiary alicyclic amines) is 1. The minimum Gasteiger partial charge on any atom is -0.454 e. The van der Waals surface area contributed by atoms with Crippen molar-refractivity contribution in [1.82, 2.24) is 10.4 Å². The van der Waals surface area contributed by atoms with Gasteiger partial charge in [-0.25, -0.2) is 15.3 Å². The third-order valence-corrected chi connectivity index (χ3v) is 5.75. The number of fused-ring (bicyclic) bond motifs is 1. The molecule has 3 heterocycles. The molecule has 3 aliphatic heterocycles. The standard InChI is InChI=1S/C20H18BrN3O4/c21-15-4-1-13(2-5-15)18-22-20(28-23-18)7-9-24(10-8-20)19(25)14-3-6-16-17(11-14)27-12-26-16/h1-6,11H,7-10,12H2,(H,22,23). The van der Waals surface area contributed by atoms with Crippen molar-refractivity contribution in [3.63, 3.8) is 0 Å². The molecule has 3 aliphatic rings. The van der Waals surface area contributed by atoms with E-state index >= 15 is 0 Å². The molecule has 0 aliphatic carbocycles. The van der Waals surface area contributed by atoms with Crippen LogP contribution >= 0.6 is 15.9 Å². The fourth-order valence-corrected chi connectivity index (χ4v) is 3.87. The SMILES string of the molecule is O=C(c1ccc2c(c1)OCO2)N1CCC2(CC1)N=C(c1ccc(Br)cc1)NO2. The summed E-state index contributed by atoms with van der Waals surface area (Å²) in [4.78, 5) is 25.3. The number of hydrogen-bond donors (Lipinski definition) is 1. The summed E-state index contributed by atoms with van der Waals surface area (Å²) < 4.78 is 11.7. The molecule has 0 unspecified atom stereocenters. The highest BCUT2D eigenvalue weighted by Gasteiger charge is 2.41. The van der Waals surface area contributed by atoms with E-state index in [1.54, 1.807) is 18.2 Å². The van der Waals surface area contributed by atoms with Crippen LogP contribution in [0, 0.1) is 0 Å². The number of rotatable bonds is 2. The van der Waals surface area contributed by atoms with Gasteiger partial charge >= 0.3 is 0 Å². The van der Waals surface area contributed by atoms with E-state index in [0.29, 0.717) is 43.0 Å². The molecule has 0 atom stereocenters. The lowest BCUT2D eigenvalue weighted by Crippen LogP contribution is -2.46. The zero-order chi connectivity index (χ0) is 19.1. The summed E-state index contributed by atoms with van der Waals surface area (Å²) in [5, 5.41) is 0. The molecule has 28 heavy (non-hydrogen) atoms. The average Bonchev–Trinajstić information content (AvgIpc) is 3.35. The minimum atomic E-state index is -0.617. The number of piperidine rings is 1. The Morgan fingerprint density at radius 2 is 1.82 bits per heavy atom. The van der Waals surface area contributed by atoms with E-state index in [2.05, 4.69) is 21.4 Å². The summed E-state index contributed by atoms with van der Waals surface area (Å²) in [6, 6.07) is 13.2. The van der Waals surface area contributed by atoms with Gasteiger partial charge in [0.05, 0.1) is 0 Å². The van der Waals surface area contributed by atoms with Crippen LogP contribution < -0.4 is 15.0 Å². The number of carbonyl (C=O) groups excluding carboxylic acids is 1. The number of amides is 1. The van der Waals surface area contributed by atoms with Gasteiger partial charge in [-0.2, -0.15) is 0 Å². The molecule has 1 spiro atoms. The van der Waals surface area contributed by atoms with E-state index in [-0.39, 0.29) is 12.7 Å². The predicted octanol–water partition coefficient (Wildman–Crippen LogP) is 3.09. The number of hydroxylamine groups is 1. The van der Waals surface area contributed by atoms with Gasteiger partial charge in [0.1, 0.15) is 0 Å². The number of halogens is 1. The fourth-order valence-electron chi connectivity index (χ4n) is 3.61. The molecular weight excluding hydrogens is 426 g/mol. The number of amidine groups is 1. The number of carbonyl (C=O) groups is 1. The van der Waals surface area contributed by atoms with E-state index < -0.39 is 5.72 Å². The molecule has 1 N–H and O–H groups in total. The van der Waals surface area contributed by atoms with Crippen molar-refractivity contribution in [2.75, 3.05) is 19.9 Å². The van der Waals surface area contributed by atoms with Crippen LogP contribution in [0.25, 0.3) is 0 Å². The minimum absolute atomic E-state index is 0.0174. The Hall–Kier alpha value is -2.58. The van der Waals surface area contributed by atoms with Gasteiger partial charge in [0.2, 0.25) is 6.79 Å². The number of nitrogens with zero attached hydrogens (tertiary/aromatic N) is 2. The molecule has 1 saturated heterocycles. The number of nitrogens with one attached hydrogen (secondary N) is 1. The summed E-state index contributed by atoms with van der Waals surface area (Å²) in [6.45, 7) is 1.35. The van der Waals surface area contributed by atoms with Crippen molar-refractivity contribution < 1.29 is 19.1 Å². The molecule has 2 aromatic carbocycles. The first-order chi connectivity index (χ1) is 13.6. The Morgan fingerprint density at radius 1 is 1.07 bits per heavy atom. The van der Waals surface area contributed by atoms with Crippen molar-refractivity contribution in [2.45, 2.75) is 18.6 Å². The van der Waals surface area contributed by atoms with E-state index in [1.165, 1.54) is 0 Å². The van der Waals surface area contributed by atoms with E-state index in [0.717, 1.165) is 15.9 Å². The highest BCUT2D eigenvalue weighted by Crippen LogP contribution is 2.35. The number of hydrogen-bond acceptors (Lipinski definition) is 6. The summed E-state index contributed by atoms with van der Waals surface area (Å²) in [7, 11) is 0. The smallest absolute Gasteiger partial charge is 0.253 e. The quantitative estimate of drug-likeness (QED) is 0.771. The molecule has 1 fully saturated rings. The van der Waals surface area contributed by atoms with E-state index in [1.807, 2.05) is 29.2 Å². The molecule has 0 bridgehead atoms. The molecule has 7 nitrogen and oxygen atoms in total. The molecule has 144 valence electrons. The van der Waals surface area contributed by atoms with Crippen LogP contribution in [0.15, 0.2) is 51.9 Å². The van der Waals surface area contributed by atoms with Gasteiger partial charge in [-0.15, -0.1) is 0 Å². The maximum Gasteiger partial charge on any atom is 0.253 e. The zero-order valence-electron chi connectivity index (χ0n) is 15.0. The number of aliphatic imine (C=N–C) groups is 1. The Bertz CT molecular complexity index is 952. The van der Waals surface area contributed by atoms with Crippen molar-refractivity contribution >= 4 is 27.7 Å². The van der Waals surface area contributed by atoms with E-state index in [4.69, 9.17) is 19.3 Å². The molecule has 0 aromatic heterocycles. The maximum atomic E-state index is 12.9. The third-order valence-electron chi connectivity index (χ3n) is 5.22. The van der Waals surface area contributed by atoms with Crippen LogP contribution in [-0.4, -0.2) is 42.3 Å². The second kappa shape index (κ2) is 6.79. The van der Waals surface area contributed by atoms with Crippen molar-refractivity contribution in [1.29, 1.82) is 0 Å². The lowest BCUT2D eigenvalue weighted by atomic mass is 10.00. The van der Waals surface area contributed by atoms with Crippen LogP contribution in [0.2, 0.25) is 0 Å². The lowest BCUT2D eigenvalue weighted by molar-refractivity contribution is -0.0849. The lowest BCUT2D eigenvalue weighted by Gasteiger charge is -2.35. The molecule has 1 amide bonds. The normalized spacial score (nSPS) is 19.5. The Labute approximate surface area is 170 Å². The van der Waals surface area contributed by atoms with Crippen molar-refractivity contribution in [3.8, 4) is 11.5 Å². The topological polar surface area (TPSA) is 72.4 Å². The van der Waals surface area contributed by atoms with Gasteiger partial charge in [0.15, 0.2) is 23.1 Å². The fraction of sp³-hybridized carbons (Fsp3) is 0.300. The van der Waals surface area contributed by atoms with Gasteiger partial charge < -0.3 is 14.4 Å². The number of benzene rings is 2. The van der Waals surface area contributed by atoms with Crippen LogP contribution in [-0.2, 0) is 4.84 Å². The van der Waals surface area contributed by atoms with Gasteiger partial charge in [0.25, 0.3) is 5.91 Å². The average molecular weight is 444 g/mol. The van der Waals surface area contributed by atoms with Crippen molar-refractivity contribution in [2.24, 2.45) is 4.99 Å². The maximum absolute atomic E-state index is 12.9. The highest BCUT2D eigenvalue weighted by atomic mass is 79.9. The molecule has 2 aromatic rings. The first kappa shape index (κ1) is 17.5. The van der Waals surface area contributed by atoms with Gasteiger partial charge in [-0.1, -0.05) is 28.1 Å². The largest absolute Gasteiger partial charge is 0.454 e. The second-order valence-corrected chi connectivity index (χ2v) is 7.89. The monoisotopic (exact) mass is 443 g/mol. The molecule has 8 heteroatoms. The van der Waals surface area contributed by atoms with Crippen LogP contribution in [0.1, 0.15) is 28.8 Å². The Morgan fingerprint density at radius 3 is 2.61 bits per heavy atom. The van der Waals surface area contributed by atoms with Gasteiger partial charge in [-0.05, 0) is 30.3 Å². The summed E-state index contributed by atoms with van der Waals surface area (Å²) >= 11 is 3.44. The highest BCUT2D eigenvalue weighted by molar-refractivity contribution is 9.10. The zero-order valence-corrected chi connectivity index (χ0v) is 16.6. The van der Waals surface area contributed by atoms with Crippen LogP contribution in [0.3, 0.4) is 0 Å². The third kappa shape index (κ3) is 3.12. The van der Waals surface area contributed by atoms with Gasteiger partial charge in [0, 0.05) is 41.5 Å². The predicted molar refractivity (Wildman–Crippen MR) is 105 cm³/mol.